The first-order valence-electron chi connectivity index (χ1n) is 13.4. The Morgan fingerprint density at radius 2 is 1.74 bits per heavy atom. The number of nitrogens with zero attached hydrogens (tertiary/aromatic N) is 4. The molecule has 0 radical (unpaired) electrons. The molecule has 3 N–H and O–H groups in total. The van der Waals surface area contributed by atoms with Gasteiger partial charge in [-0.05, 0) is 70.1 Å². The van der Waals surface area contributed by atoms with Crippen LogP contribution >= 0.6 is 0 Å². The van der Waals surface area contributed by atoms with Gasteiger partial charge >= 0.3 is 0 Å². The minimum absolute atomic E-state index is 0.275. The lowest BCUT2D eigenvalue weighted by molar-refractivity contribution is 0.253. The van der Waals surface area contributed by atoms with Crippen molar-refractivity contribution in [3.05, 3.63) is 42.1 Å². The van der Waals surface area contributed by atoms with E-state index in [0.717, 1.165) is 56.7 Å². The molecular formula is C27H43N7O. The number of benzene rings is 1. The maximum atomic E-state index is 5.91. The monoisotopic (exact) mass is 481 g/mol. The SMILES string of the molecule is CNC(CCOc1ccc(CN2CCCC2CNc2nccc(N3CCCCCC3)n2)cc1)NC. The highest BCUT2D eigenvalue weighted by molar-refractivity contribution is 5.42. The Morgan fingerprint density at radius 3 is 2.49 bits per heavy atom. The van der Waals surface area contributed by atoms with Crippen LogP contribution in [0.2, 0.25) is 0 Å². The van der Waals surface area contributed by atoms with E-state index in [9.17, 15) is 0 Å². The number of rotatable bonds is 12. The summed E-state index contributed by atoms with van der Waals surface area (Å²) in [5.41, 5.74) is 1.33. The van der Waals surface area contributed by atoms with E-state index in [4.69, 9.17) is 9.72 Å². The lowest BCUT2D eigenvalue weighted by atomic mass is 10.1. The van der Waals surface area contributed by atoms with Gasteiger partial charge in [0.15, 0.2) is 0 Å². The highest BCUT2D eigenvalue weighted by atomic mass is 16.5. The number of ether oxygens (including phenoxy) is 1. The highest BCUT2D eigenvalue weighted by Crippen LogP contribution is 2.23. The fourth-order valence-electron chi connectivity index (χ4n) is 5.11. The van der Waals surface area contributed by atoms with Crippen molar-refractivity contribution in [1.82, 2.24) is 25.5 Å². The van der Waals surface area contributed by atoms with Crippen LogP contribution in [0.15, 0.2) is 36.5 Å². The first kappa shape index (κ1) is 25.7. The molecule has 192 valence electrons. The Hall–Kier alpha value is -2.42. The van der Waals surface area contributed by atoms with Crippen molar-refractivity contribution in [2.75, 3.05) is 57.1 Å². The van der Waals surface area contributed by atoms with Gasteiger partial charge in [-0.25, -0.2) is 4.98 Å². The largest absolute Gasteiger partial charge is 0.493 e. The lowest BCUT2D eigenvalue weighted by Gasteiger charge is -2.25. The van der Waals surface area contributed by atoms with E-state index in [-0.39, 0.29) is 6.17 Å². The summed E-state index contributed by atoms with van der Waals surface area (Å²) in [5, 5.41) is 9.97. The van der Waals surface area contributed by atoms with Gasteiger partial charge in [0.2, 0.25) is 5.95 Å². The first-order chi connectivity index (χ1) is 17.2. The zero-order valence-electron chi connectivity index (χ0n) is 21.5. The molecule has 2 aliphatic rings. The molecule has 2 aromatic rings. The number of anilines is 2. The number of hydrogen-bond acceptors (Lipinski definition) is 8. The third kappa shape index (κ3) is 7.78. The molecule has 0 bridgehead atoms. The van der Waals surface area contributed by atoms with E-state index in [1.807, 2.05) is 26.4 Å². The smallest absolute Gasteiger partial charge is 0.224 e. The molecule has 2 fully saturated rings. The third-order valence-electron chi connectivity index (χ3n) is 7.25. The van der Waals surface area contributed by atoms with Gasteiger partial charge in [0.05, 0.1) is 12.8 Å². The van der Waals surface area contributed by atoms with E-state index in [2.05, 4.69) is 55.0 Å². The van der Waals surface area contributed by atoms with Crippen LogP contribution in [0, 0.1) is 0 Å². The molecule has 0 saturated carbocycles. The molecule has 0 amide bonds. The number of hydrogen-bond donors (Lipinski definition) is 3. The van der Waals surface area contributed by atoms with Gasteiger partial charge in [0.1, 0.15) is 11.6 Å². The van der Waals surface area contributed by atoms with Crippen LogP contribution < -0.4 is 25.6 Å². The van der Waals surface area contributed by atoms with Gasteiger partial charge in [0, 0.05) is 44.8 Å². The van der Waals surface area contributed by atoms with Crippen LogP contribution in [0.1, 0.15) is 50.5 Å². The molecule has 4 rings (SSSR count). The maximum Gasteiger partial charge on any atom is 0.224 e. The minimum atomic E-state index is 0.275. The Morgan fingerprint density at radius 1 is 0.971 bits per heavy atom. The second kappa shape index (κ2) is 13.6. The van der Waals surface area contributed by atoms with Crippen molar-refractivity contribution >= 4 is 11.8 Å². The fourth-order valence-corrected chi connectivity index (χ4v) is 5.11. The van der Waals surface area contributed by atoms with Crippen molar-refractivity contribution in [2.24, 2.45) is 0 Å². The summed E-state index contributed by atoms with van der Waals surface area (Å²) in [7, 11) is 3.91. The minimum Gasteiger partial charge on any atom is -0.493 e. The van der Waals surface area contributed by atoms with E-state index in [1.54, 1.807) is 0 Å². The molecule has 35 heavy (non-hydrogen) atoms. The van der Waals surface area contributed by atoms with Gasteiger partial charge < -0.3 is 25.6 Å². The molecule has 8 heteroatoms. The Kier molecular flexibility index (Phi) is 9.98. The van der Waals surface area contributed by atoms with Crippen molar-refractivity contribution < 1.29 is 4.74 Å². The summed E-state index contributed by atoms with van der Waals surface area (Å²) in [6.45, 7) is 5.86. The second-order valence-electron chi connectivity index (χ2n) is 9.70. The van der Waals surface area contributed by atoms with Gasteiger partial charge in [-0.3, -0.25) is 4.90 Å². The van der Waals surface area contributed by atoms with Crippen molar-refractivity contribution in [3.63, 3.8) is 0 Å². The summed E-state index contributed by atoms with van der Waals surface area (Å²) < 4.78 is 5.91. The highest BCUT2D eigenvalue weighted by Gasteiger charge is 2.24. The zero-order valence-corrected chi connectivity index (χ0v) is 21.5. The van der Waals surface area contributed by atoms with E-state index in [0.29, 0.717) is 12.6 Å². The van der Waals surface area contributed by atoms with E-state index in [1.165, 1.54) is 44.1 Å². The quantitative estimate of drug-likeness (QED) is 0.398. The summed E-state index contributed by atoms with van der Waals surface area (Å²) >= 11 is 0. The van der Waals surface area contributed by atoms with Crippen molar-refractivity contribution in [1.29, 1.82) is 0 Å². The standard InChI is InChI=1S/C27H43N7O/c1-28-25(29-2)14-19-35-24-11-9-22(10-12-24)21-34-18-7-8-23(34)20-31-27-30-15-13-26(32-27)33-16-5-3-4-6-17-33/h9-13,15,23,25,28-29H,3-8,14,16-21H2,1-2H3,(H,30,31,32). The predicted molar refractivity (Wildman–Crippen MR) is 143 cm³/mol. The van der Waals surface area contributed by atoms with Crippen LogP contribution in [0.3, 0.4) is 0 Å². The molecule has 1 aromatic heterocycles. The van der Waals surface area contributed by atoms with Crippen LogP contribution in [0.4, 0.5) is 11.8 Å². The molecule has 8 nitrogen and oxygen atoms in total. The number of nitrogens with one attached hydrogen (secondary N) is 3. The Balaban J connectivity index is 1.25. The molecule has 2 saturated heterocycles. The summed E-state index contributed by atoms with van der Waals surface area (Å²) in [4.78, 5) is 14.3. The van der Waals surface area contributed by atoms with Gasteiger partial charge in [-0.15, -0.1) is 0 Å². The molecule has 1 atom stereocenters. The molecule has 1 aromatic carbocycles. The molecule has 1 unspecified atom stereocenters. The number of aromatic nitrogens is 2. The van der Waals surface area contributed by atoms with Gasteiger partial charge in [-0.1, -0.05) is 25.0 Å². The number of likely N-dealkylation sites (tertiary alicyclic amines) is 1. The maximum absolute atomic E-state index is 5.91. The van der Waals surface area contributed by atoms with Crippen molar-refractivity contribution in [2.45, 2.75) is 63.7 Å². The molecule has 0 spiro atoms. The average molecular weight is 482 g/mol. The van der Waals surface area contributed by atoms with Crippen LogP contribution in [0.5, 0.6) is 5.75 Å². The van der Waals surface area contributed by atoms with E-state index < -0.39 is 0 Å². The predicted octanol–water partition coefficient (Wildman–Crippen LogP) is 3.47. The zero-order chi connectivity index (χ0) is 24.3. The normalized spacial score (nSPS) is 19.2. The molecule has 0 aliphatic carbocycles. The first-order valence-corrected chi connectivity index (χ1v) is 13.4. The average Bonchev–Trinajstić information content (AvgIpc) is 3.15. The topological polar surface area (TPSA) is 77.6 Å². The summed E-state index contributed by atoms with van der Waals surface area (Å²) in [5.74, 6) is 2.74. The second-order valence-corrected chi connectivity index (χ2v) is 9.70. The van der Waals surface area contributed by atoms with Crippen molar-refractivity contribution in [3.8, 4) is 5.75 Å². The van der Waals surface area contributed by atoms with Crippen LogP contribution in [-0.4, -0.2) is 74.0 Å². The van der Waals surface area contributed by atoms with Gasteiger partial charge in [0.25, 0.3) is 0 Å². The van der Waals surface area contributed by atoms with Gasteiger partial charge in [-0.2, -0.15) is 4.98 Å². The Labute approximate surface area is 210 Å². The summed E-state index contributed by atoms with van der Waals surface area (Å²) in [6.07, 6.45) is 10.7. The van der Waals surface area contributed by atoms with E-state index >= 15 is 0 Å². The molecular weight excluding hydrogens is 438 g/mol. The molecule has 2 aliphatic heterocycles. The lowest BCUT2D eigenvalue weighted by Crippen LogP contribution is -2.38. The van der Waals surface area contributed by atoms with Crippen LogP contribution in [0.25, 0.3) is 0 Å². The third-order valence-corrected chi connectivity index (χ3v) is 7.25. The Bertz CT molecular complexity index is 866. The van der Waals surface area contributed by atoms with Crippen LogP contribution in [-0.2, 0) is 6.54 Å². The fraction of sp³-hybridized carbons (Fsp3) is 0.630. The summed E-state index contributed by atoms with van der Waals surface area (Å²) in [6, 6.07) is 11.1. The molecule has 3 heterocycles.